The zero-order valence-corrected chi connectivity index (χ0v) is 12.9. The van der Waals surface area contributed by atoms with Gasteiger partial charge in [0.15, 0.2) is 0 Å². The zero-order valence-electron chi connectivity index (χ0n) is 12.1. The molecule has 1 fully saturated rings. The maximum atomic E-state index is 12.8. The number of aromatic nitrogens is 2. The molecule has 0 radical (unpaired) electrons. The van der Waals surface area contributed by atoms with E-state index >= 15 is 0 Å². The lowest BCUT2D eigenvalue weighted by atomic mass is 9.86. The highest BCUT2D eigenvalue weighted by Gasteiger charge is 2.43. The van der Waals surface area contributed by atoms with Crippen LogP contribution in [-0.4, -0.2) is 30.6 Å². The Kier molecular flexibility index (Phi) is 4.09. The maximum Gasteiger partial charge on any atom is 0.391 e. The summed E-state index contributed by atoms with van der Waals surface area (Å²) in [4.78, 5) is 6.77. The van der Waals surface area contributed by atoms with Gasteiger partial charge in [-0.3, -0.25) is 0 Å². The quantitative estimate of drug-likeness (QED) is 0.896. The Morgan fingerprint density at radius 3 is 2.83 bits per heavy atom. The number of aromatic amines is 1. The van der Waals surface area contributed by atoms with Crippen molar-refractivity contribution in [2.75, 3.05) is 0 Å². The second-order valence-electron chi connectivity index (χ2n) is 5.78. The first-order valence-electron chi connectivity index (χ1n) is 7.28. The molecule has 2 N–H and O–H groups in total. The Bertz CT molecular complexity index is 801. The monoisotopic (exact) mass is 347 g/mol. The van der Waals surface area contributed by atoms with Crippen LogP contribution in [0.1, 0.15) is 25.7 Å². The number of halogens is 3. The van der Waals surface area contributed by atoms with Crippen molar-refractivity contribution in [2.24, 2.45) is 5.92 Å². The van der Waals surface area contributed by atoms with Crippen LogP contribution in [0, 0.1) is 5.92 Å². The number of nitrogens with zero attached hydrogens (tertiary/aromatic N) is 1. The lowest BCUT2D eigenvalue weighted by Crippen LogP contribution is -2.41. The van der Waals surface area contributed by atoms with Gasteiger partial charge in [0.2, 0.25) is 10.0 Å². The van der Waals surface area contributed by atoms with Gasteiger partial charge >= 0.3 is 6.18 Å². The van der Waals surface area contributed by atoms with Crippen molar-refractivity contribution in [1.29, 1.82) is 0 Å². The lowest BCUT2D eigenvalue weighted by molar-refractivity contribution is -0.183. The largest absolute Gasteiger partial charge is 0.391 e. The van der Waals surface area contributed by atoms with Gasteiger partial charge in [-0.25, -0.2) is 18.1 Å². The molecule has 1 aliphatic rings. The highest BCUT2D eigenvalue weighted by Crippen LogP contribution is 2.38. The van der Waals surface area contributed by atoms with Gasteiger partial charge in [-0.1, -0.05) is 6.42 Å². The minimum atomic E-state index is -4.28. The van der Waals surface area contributed by atoms with Gasteiger partial charge in [0.1, 0.15) is 10.5 Å². The van der Waals surface area contributed by atoms with Gasteiger partial charge in [-0.15, -0.1) is 0 Å². The minimum Gasteiger partial charge on any atom is -0.345 e. The summed E-state index contributed by atoms with van der Waals surface area (Å²) in [7, 11) is -3.90. The molecule has 126 valence electrons. The molecule has 2 atom stereocenters. The molecule has 0 aromatic carbocycles. The third-order valence-corrected chi connectivity index (χ3v) is 5.72. The predicted molar refractivity (Wildman–Crippen MR) is 78.2 cm³/mol. The lowest BCUT2D eigenvalue weighted by Gasteiger charge is -2.30. The molecule has 0 bridgehead atoms. The van der Waals surface area contributed by atoms with Crippen LogP contribution < -0.4 is 4.72 Å². The van der Waals surface area contributed by atoms with E-state index in [1.165, 1.54) is 12.4 Å². The molecule has 2 aromatic heterocycles. The standard InChI is InChI=1S/C14H16F3N3O2S/c15-14(16,17)9-3-1-4-10(7-9)20-23(21,22)12-8-19-13-11(12)5-2-6-18-13/h2,5-6,8-10,20H,1,3-4,7H2,(H,18,19)/t9-,10-/m1/s1. The predicted octanol–water partition coefficient (Wildman–Crippen LogP) is 2.96. The van der Waals surface area contributed by atoms with E-state index < -0.39 is 28.2 Å². The Balaban J connectivity index is 1.81. The average molecular weight is 347 g/mol. The molecule has 2 heterocycles. The van der Waals surface area contributed by atoms with Gasteiger partial charge < -0.3 is 4.98 Å². The van der Waals surface area contributed by atoms with Crippen LogP contribution in [0.2, 0.25) is 0 Å². The number of rotatable bonds is 3. The van der Waals surface area contributed by atoms with Crippen LogP contribution in [0.15, 0.2) is 29.4 Å². The first-order chi connectivity index (χ1) is 10.8. The van der Waals surface area contributed by atoms with Gasteiger partial charge in [0.25, 0.3) is 0 Å². The number of nitrogens with one attached hydrogen (secondary N) is 2. The molecule has 0 saturated heterocycles. The summed E-state index contributed by atoms with van der Waals surface area (Å²) >= 11 is 0. The molecule has 3 rings (SSSR count). The first kappa shape index (κ1) is 16.3. The summed E-state index contributed by atoms with van der Waals surface area (Å²) in [5, 5.41) is 0.420. The van der Waals surface area contributed by atoms with E-state index in [-0.39, 0.29) is 17.7 Å². The Labute approximate surface area is 131 Å². The summed E-state index contributed by atoms with van der Waals surface area (Å²) in [6, 6.07) is 2.50. The second kappa shape index (κ2) is 5.79. The van der Waals surface area contributed by atoms with Crippen molar-refractivity contribution >= 4 is 21.1 Å². The first-order valence-corrected chi connectivity index (χ1v) is 8.77. The van der Waals surface area contributed by atoms with E-state index in [1.54, 1.807) is 12.1 Å². The number of sulfonamides is 1. The molecule has 1 aliphatic carbocycles. The van der Waals surface area contributed by atoms with Crippen LogP contribution >= 0.6 is 0 Å². The number of hydrogen-bond acceptors (Lipinski definition) is 3. The van der Waals surface area contributed by atoms with Crippen LogP contribution in [0.3, 0.4) is 0 Å². The van der Waals surface area contributed by atoms with Crippen molar-refractivity contribution in [3.63, 3.8) is 0 Å². The molecule has 0 amide bonds. The Morgan fingerprint density at radius 1 is 1.30 bits per heavy atom. The topological polar surface area (TPSA) is 74.8 Å². The Hall–Kier alpha value is -1.61. The van der Waals surface area contributed by atoms with Gasteiger partial charge in [0.05, 0.1) is 5.92 Å². The van der Waals surface area contributed by atoms with Crippen LogP contribution in [-0.2, 0) is 10.0 Å². The third-order valence-electron chi connectivity index (χ3n) is 4.16. The normalized spacial score (nSPS) is 23.3. The van der Waals surface area contributed by atoms with E-state index in [1.807, 2.05) is 0 Å². The summed E-state index contributed by atoms with van der Waals surface area (Å²) < 4.78 is 65.9. The zero-order chi connectivity index (χ0) is 16.7. The van der Waals surface area contributed by atoms with Crippen molar-refractivity contribution in [2.45, 2.75) is 42.8 Å². The van der Waals surface area contributed by atoms with Crippen molar-refractivity contribution in [3.05, 3.63) is 24.5 Å². The van der Waals surface area contributed by atoms with Gasteiger partial charge in [-0.05, 0) is 31.4 Å². The number of fused-ring (bicyclic) bond motifs is 1. The fraction of sp³-hybridized carbons (Fsp3) is 0.500. The van der Waals surface area contributed by atoms with Crippen LogP contribution in [0.5, 0.6) is 0 Å². The van der Waals surface area contributed by atoms with E-state index in [2.05, 4.69) is 14.7 Å². The smallest absolute Gasteiger partial charge is 0.345 e. The molecule has 23 heavy (non-hydrogen) atoms. The molecule has 0 unspecified atom stereocenters. The van der Waals surface area contributed by atoms with Gasteiger partial charge in [0, 0.05) is 23.8 Å². The summed E-state index contributed by atoms with van der Waals surface area (Å²) in [5.41, 5.74) is 0.421. The molecule has 0 spiro atoms. The van der Waals surface area contributed by atoms with E-state index in [9.17, 15) is 21.6 Å². The molecular formula is C14H16F3N3O2S. The molecule has 0 aliphatic heterocycles. The fourth-order valence-corrected chi connectivity index (χ4v) is 4.48. The molecule has 9 heteroatoms. The second-order valence-corrected chi connectivity index (χ2v) is 7.46. The van der Waals surface area contributed by atoms with E-state index in [0.29, 0.717) is 23.9 Å². The van der Waals surface area contributed by atoms with Crippen molar-refractivity contribution in [1.82, 2.24) is 14.7 Å². The third kappa shape index (κ3) is 3.35. The van der Waals surface area contributed by atoms with E-state index in [0.717, 1.165) is 0 Å². The molecule has 1 saturated carbocycles. The van der Waals surface area contributed by atoms with Crippen LogP contribution in [0.4, 0.5) is 13.2 Å². The van der Waals surface area contributed by atoms with Crippen LogP contribution in [0.25, 0.3) is 11.0 Å². The van der Waals surface area contributed by atoms with Crippen molar-refractivity contribution in [3.8, 4) is 0 Å². The molecular weight excluding hydrogens is 331 g/mol. The summed E-state index contributed by atoms with van der Waals surface area (Å²) in [5.74, 6) is -1.45. The maximum absolute atomic E-state index is 12.8. The average Bonchev–Trinajstić information content (AvgIpc) is 2.91. The highest BCUT2D eigenvalue weighted by molar-refractivity contribution is 7.89. The fourth-order valence-electron chi connectivity index (χ4n) is 3.03. The van der Waals surface area contributed by atoms with E-state index in [4.69, 9.17) is 0 Å². The minimum absolute atomic E-state index is 0.00901. The molecule has 5 nitrogen and oxygen atoms in total. The Morgan fingerprint density at radius 2 is 2.09 bits per heavy atom. The number of H-pyrrole nitrogens is 1. The summed E-state index contributed by atoms with van der Waals surface area (Å²) in [6.45, 7) is 0. The summed E-state index contributed by atoms with van der Waals surface area (Å²) in [6.07, 6.45) is -0.849. The number of pyridine rings is 1. The van der Waals surface area contributed by atoms with Crippen molar-refractivity contribution < 1.29 is 21.6 Å². The van der Waals surface area contributed by atoms with Gasteiger partial charge in [-0.2, -0.15) is 13.2 Å². The molecule has 2 aromatic rings. The SMILES string of the molecule is O=S(=O)(N[C@@H]1CCC[C@@H](C(F)(F)F)C1)c1c[nH]c2ncccc12. The number of hydrogen-bond donors (Lipinski definition) is 2. The number of alkyl halides is 3. The highest BCUT2D eigenvalue weighted by atomic mass is 32.2.